The molecule has 13 heteroatoms. The molecule has 9 aliphatic rings. The minimum Gasteiger partial charge on any atom is -0.456 e. The van der Waals surface area contributed by atoms with Gasteiger partial charge in [-0.1, -0.05) is 18.9 Å². The summed E-state index contributed by atoms with van der Waals surface area (Å²) in [6, 6.07) is 0. The lowest BCUT2D eigenvalue weighted by molar-refractivity contribution is -0.311. The molecule has 4 aliphatic carbocycles. The Morgan fingerprint density at radius 3 is 2.36 bits per heavy atom. The molecule has 5 heterocycles. The van der Waals surface area contributed by atoms with Crippen molar-refractivity contribution in [2.45, 2.75) is 171 Å². The number of carbonyl (C=O) groups excluding carboxylic acids is 2. The number of fused-ring (bicyclic) bond motifs is 5. The normalized spacial score (nSPS) is 50.6. The molecule has 9 fully saturated rings. The SMILES string of the molecule is CC=C(C(=O)O[C@H]1CC2C(O)C3C(=O)CC(CO)OC3C3C2O[C@@]1(C)[C@H](CC1CCC(N)NC1)CC1CCC2CCC(O)CC2C(CO)C3C2CCNC(N)C12)C1CCCC1. The van der Waals surface area contributed by atoms with Crippen molar-refractivity contribution in [1.82, 2.24) is 10.6 Å². The van der Waals surface area contributed by atoms with Gasteiger partial charge >= 0.3 is 5.97 Å². The summed E-state index contributed by atoms with van der Waals surface area (Å²) in [5.41, 5.74) is 13.5. The number of nitrogens with one attached hydrogen (secondary N) is 2. The first-order valence-electron chi connectivity index (χ1n) is 24.7. The number of Topliss-reactive ketones (excluding diaryl/α,β-unsaturated/α-hetero) is 1. The maximum atomic E-state index is 14.6. The van der Waals surface area contributed by atoms with E-state index in [4.69, 9.17) is 25.7 Å². The van der Waals surface area contributed by atoms with E-state index in [1.165, 1.54) is 0 Å². The van der Waals surface area contributed by atoms with Crippen molar-refractivity contribution in [3.63, 3.8) is 0 Å². The van der Waals surface area contributed by atoms with Crippen LogP contribution in [-0.4, -0.2) is 113 Å². The Kier molecular flexibility index (Phi) is 13.5. The maximum absolute atomic E-state index is 14.6. The van der Waals surface area contributed by atoms with Crippen LogP contribution in [0.25, 0.3) is 0 Å². The third-order valence-corrected chi connectivity index (χ3v) is 18.8. The van der Waals surface area contributed by atoms with E-state index in [1.54, 1.807) is 0 Å². The molecule has 344 valence electrons. The van der Waals surface area contributed by atoms with E-state index in [0.717, 1.165) is 102 Å². The highest BCUT2D eigenvalue weighted by Crippen LogP contribution is 2.61. The number of carbonyl (C=O) groups is 2. The lowest BCUT2D eigenvalue weighted by atomic mass is 9.50. The summed E-state index contributed by atoms with van der Waals surface area (Å²) in [5.74, 6) is -1.64. The Morgan fingerprint density at radius 2 is 1.64 bits per heavy atom. The number of hydrogen-bond acceptors (Lipinski definition) is 13. The van der Waals surface area contributed by atoms with Gasteiger partial charge in [0, 0.05) is 30.4 Å². The van der Waals surface area contributed by atoms with Gasteiger partial charge in [-0.05, 0) is 170 Å². The molecule has 0 aromatic carbocycles. The van der Waals surface area contributed by atoms with Gasteiger partial charge in [0.15, 0.2) is 0 Å². The van der Waals surface area contributed by atoms with E-state index in [0.29, 0.717) is 24.7 Å². The highest BCUT2D eigenvalue weighted by atomic mass is 16.6. The summed E-state index contributed by atoms with van der Waals surface area (Å²) in [4.78, 5) is 29.1. The summed E-state index contributed by atoms with van der Waals surface area (Å²) >= 11 is 0. The minimum absolute atomic E-state index is 0.0108. The number of aliphatic hydroxyl groups excluding tert-OH is 4. The Bertz CT molecular complexity index is 1590. The van der Waals surface area contributed by atoms with Gasteiger partial charge in [-0.2, -0.15) is 0 Å². The molecule has 10 N–H and O–H groups in total. The molecule has 4 saturated carbocycles. The monoisotopic (exact) mass is 855 g/mol. The van der Waals surface area contributed by atoms with Gasteiger partial charge in [-0.25, -0.2) is 4.79 Å². The van der Waals surface area contributed by atoms with Crippen molar-refractivity contribution in [3.05, 3.63) is 11.6 Å². The number of allylic oxidation sites excluding steroid dienone is 1. The molecule has 0 amide bonds. The number of rotatable bonds is 7. The van der Waals surface area contributed by atoms with Crippen LogP contribution in [0.1, 0.15) is 117 Å². The second kappa shape index (κ2) is 18.4. The van der Waals surface area contributed by atoms with Gasteiger partial charge in [-0.3, -0.25) is 4.79 Å². The Morgan fingerprint density at radius 1 is 0.869 bits per heavy atom. The van der Waals surface area contributed by atoms with Crippen LogP contribution in [0.2, 0.25) is 0 Å². The topological polar surface area (TPSA) is 219 Å². The zero-order valence-corrected chi connectivity index (χ0v) is 36.8. The Balaban J connectivity index is 1.23. The highest BCUT2D eigenvalue weighted by Gasteiger charge is 2.67. The second-order valence-corrected chi connectivity index (χ2v) is 21.7. The van der Waals surface area contributed by atoms with Gasteiger partial charge in [0.2, 0.25) is 0 Å². The zero-order valence-electron chi connectivity index (χ0n) is 36.8. The fourth-order valence-electron chi connectivity index (χ4n) is 15.9. The molecule has 18 unspecified atom stereocenters. The van der Waals surface area contributed by atoms with Gasteiger partial charge in [0.25, 0.3) is 0 Å². The van der Waals surface area contributed by atoms with E-state index in [2.05, 4.69) is 17.6 Å². The van der Waals surface area contributed by atoms with Gasteiger partial charge in [0.1, 0.15) is 17.5 Å². The first kappa shape index (κ1) is 44.7. The van der Waals surface area contributed by atoms with Crippen LogP contribution in [-0.2, 0) is 23.8 Å². The predicted molar refractivity (Wildman–Crippen MR) is 228 cm³/mol. The molecular formula is C48H78N4O9. The fraction of sp³-hybridized carbons (Fsp3) is 0.917. The molecule has 0 aromatic rings. The third kappa shape index (κ3) is 8.24. The summed E-state index contributed by atoms with van der Waals surface area (Å²) in [6.07, 6.45) is 10.3. The van der Waals surface area contributed by atoms with Crippen LogP contribution < -0.4 is 22.1 Å². The third-order valence-electron chi connectivity index (χ3n) is 18.8. The standard InChI is InChI=1S/C48H78N4O9/c1-3-31(25-6-4-5-7-25)47(58)60-37-20-34-43(57)41-36(56)19-30(22-53)59-45(41)42-40-32-14-15-51-46(50)39(32)27(10-9-26-11-12-29(55)18-33(26)35(40)23-54)17-28(48(37,2)61-44(34)42)16-24-8-13-38(49)52-21-24/h3,24-30,32-35,37-46,51-55,57H,4-23,49-50H2,1-2H3/t24?,26?,27?,28-,29?,30?,32?,33?,34?,35?,37+,38?,39?,40?,41?,42?,43?,44?,45?,46?,48+/m1/s1. The van der Waals surface area contributed by atoms with Crippen molar-refractivity contribution in [2.24, 2.45) is 88.4 Å². The van der Waals surface area contributed by atoms with Crippen molar-refractivity contribution < 1.29 is 44.2 Å². The van der Waals surface area contributed by atoms with Crippen LogP contribution in [0.5, 0.6) is 0 Å². The maximum Gasteiger partial charge on any atom is 0.334 e. The lowest BCUT2D eigenvalue weighted by Crippen LogP contribution is -2.72. The van der Waals surface area contributed by atoms with Gasteiger partial charge in [0.05, 0.1) is 55.4 Å². The zero-order chi connectivity index (χ0) is 42.7. The van der Waals surface area contributed by atoms with Crippen LogP contribution in [0.3, 0.4) is 0 Å². The number of nitrogens with two attached hydrogens (primary N) is 2. The molecule has 21 atom stereocenters. The molecule has 13 nitrogen and oxygen atoms in total. The molecule has 0 aromatic heterocycles. The molecule has 5 aliphatic heterocycles. The van der Waals surface area contributed by atoms with Crippen LogP contribution in [0, 0.1) is 76.9 Å². The first-order valence-corrected chi connectivity index (χ1v) is 24.7. The lowest BCUT2D eigenvalue weighted by Gasteiger charge is -2.63. The van der Waals surface area contributed by atoms with E-state index in [1.807, 2.05) is 13.0 Å². The number of ketones is 1. The highest BCUT2D eigenvalue weighted by molar-refractivity contribution is 5.89. The van der Waals surface area contributed by atoms with Crippen molar-refractivity contribution in [1.29, 1.82) is 0 Å². The van der Waals surface area contributed by atoms with E-state index in [9.17, 15) is 30.0 Å². The quantitative estimate of drug-likeness (QED) is 0.137. The molecular weight excluding hydrogens is 777 g/mol. The fourth-order valence-corrected chi connectivity index (χ4v) is 15.9. The number of aliphatic hydroxyl groups is 4. The number of hydrogen-bond donors (Lipinski definition) is 8. The number of ether oxygens (including phenoxy) is 3. The van der Waals surface area contributed by atoms with E-state index >= 15 is 0 Å². The first-order chi connectivity index (χ1) is 29.4. The summed E-state index contributed by atoms with van der Waals surface area (Å²) < 4.78 is 21.7. The van der Waals surface area contributed by atoms with Crippen LogP contribution >= 0.6 is 0 Å². The van der Waals surface area contributed by atoms with E-state index < -0.39 is 60.0 Å². The van der Waals surface area contributed by atoms with Crippen molar-refractivity contribution in [3.8, 4) is 0 Å². The molecule has 4 bridgehead atoms. The van der Waals surface area contributed by atoms with Crippen LogP contribution in [0.4, 0.5) is 0 Å². The molecule has 5 saturated heterocycles. The largest absolute Gasteiger partial charge is 0.456 e. The Labute approximate surface area is 363 Å². The van der Waals surface area contributed by atoms with Crippen molar-refractivity contribution >= 4 is 11.8 Å². The summed E-state index contributed by atoms with van der Waals surface area (Å²) in [5, 5.41) is 53.7. The smallest absolute Gasteiger partial charge is 0.334 e. The Hall–Kier alpha value is -1.52. The van der Waals surface area contributed by atoms with Crippen molar-refractivity contribution in [2.75, 3.05) is 26.3 Å². The number of piperidine rings is 2. The van der Waals surface area contributed by atoms with Gasteiger partial charge < -0.3 is 56.7 Å². The molecule has 0 radical (unpaired) electrons. The predicted octanol–water partition coefficient (Wildman–Crippen LogP) is 3.14. The minimum atomic E-state index is -1.11. The second-order valence-electron chi connectivity index (χ2n) is 21.7. The number of esters is 1. The molecule has 0 spiro atoms. The molecule has 61 heavy (non-hydrogen) atoms. The summed E-state index contributed by atoms with van der Waals surface area (Å²) in [7, 11) is 0. The van der Waals surface area contributed by atoms with Gasteiger partial charge in [-0.15, -0.1) is 0 Å². The van der Waals surface area contributed by atoms with E-state index in [-0.39, 0.29) is 91.1 Å². The average molecular weight is 855 g/mol. The van der Waals surface area contributed by atoms with Crippen LogP contribution in [0.15, 0.2) is 11.6 Å². The molecule has 9 rings (SSSR count). The average Bonchev–Trinajstić information content (AvgIpc) is 3.79. The summed E-state index contributed by atoms with van der Waals surface area (Å²) in [6.45, 7) is 5.22.